The van der Waals surface area contributed by atoms with Gasteiger partial charge in [0.25, 0.3) is 0 Å². The van der Waals surface area contributed by atoms with Crippen LogP contribution in [0, 0.1) is 19.1 Å². The van der Waals surface area contributed by atoms with Gasteiger partial charge in [0.05, 0.1) is 5.58 Å². The summed E-state index contributed by atoms with van der Waals surface area (Å²) >= 11 is 0. The van der Waals surface area contributed by atoms with E-state index in [0.717, 1.165) is 55.7 Å². The minimum atomic E-state index is 0. The van der Waals surface area contributed by atoms with Crippen LogP contribution in [0.1, 0.15) is 32.0 Å². The van der Waals surface area contributed by atoms with Crippen molar-refractivity contribution in [2.24, 2.45) is 0 Å². The zero-order valence-electron chi connectivity index (χ0n) is 26.7. The molecule has 0 fully saturated rings. The quantitative estimate of drug-likeness (QED) is 0.167. The van der Waals surface area contributed by atoms with Crippen LogP contribution >= 0.6 is 0 Å². The maximum Gasteiger partial charge on any atom is 0.216 e. The summed E-state index contributed by atoms with van der Waals surface area (Å²) in [4.78, 5) is 13.4. The monoisotopic (exact) mass is 788 g/mol. The van der Waals surface area contributed by atoms with Crippen LogP contribution in [-0.2, 0) is 25.5 Å². The normalized spacial score (nSPS) is 11.2. The fourth-order valence-corrected chi connectivity index (χ4v) is 5.62. The number of aryl methyl sites for hydroxylation is 1. The van der Waals surface area contributed by atoms with Gasteiger partial charge < -0.3 is 14.4 Å². The van der Waals surface area contributed by atoms with Gasteiger partial charge in [-0.25, -0.2) is 4.98 Å². The van der Waals surface area contributed by atoms with E-state index in [9.17, 15) is 0 Å². The van der Waals surface area contributed by atoms with E-state index in [1.54, 1.807) is 6.20 Å². The van der Waals surface area contributed by atoms with Crippen LogP contribution in [0.5, 0.6) is 0 Å². The molecule has 5 heteroatoms. The number of nitrogens with zero attached hydrogens (tertiary/aromatic N) is 3. The zero-order chi connectivity index (χ0) is 31.7. The Morgan fingerprint density at radius 3 is 2.21 bits per heavy atom. The van der Waals surface area contributed by atoms with Gasteiger partial charge in [-0.15, -0.1) is 54.1 Å². The van der Waals surface area contributed by atoms with E-state index in [0.29, 0.717) is 5.71 Å². The van der Waals surface area contributed by atoms with E-state index in [1.807, 2.05) is 73.8 Å². The first-order valence-corrected chi connectivity index (χ1v) is 15.4. The Bertz CT molecular complexity index is 2270. The second-order valence-electron chi connectivity index (χ2n) is 12.5. The summed E-state index contributed by atoms with van der Waals surface area (Å²) < 4.78 is 6.18. The number of pyridine rings is 3. The Labute approximate surface area is 288 Å². The summed E-state index contributed by atoms with van der Waals surface area (Å²) in [5, 5.41) is 4.53. The van der Waals surface area contributed by atoms with E-state index in [-0.39, 0.29) is 25.5 Å². The molecule has 1 radical (unpaired) electrons. The molecule has 8 rings (SSSR count). The van der Waals surface area contributed by atoms with Crippen LogP contribution in [0.2, 0.25) is 0 Å². The fraction of sp³-hybridized carbons (Fsp3) is 0.119. The zero-order valence-corrected chi connectivity index (χ0v) is 29.1. The smallest absolute Gasteiger partial charge is 0.216 e. The van der Waals surface area contributed by atoms with Gasteiger partial charge in [0.2, 0.25) is 5.71 Å². The van der Waals surface area contributed by atoms with Crippen molar-refractivity contribution in [3.05, 3.63) is 151 Å². The Kier molecular flexibility index (Phi) is 9.13. The second kappa shape index (κ2) is 13.4. The van der Waals surface area contributed by atoms with Gasteiger partial charge in [-0.05, 0) is 81.5 Å². The van der Waals surface area contributed by atoms with Crippen LogP contribution in [0.4, 0.5) is 0 Å². The van der Waals surface area contributed by atoms with Gasteiger partial charge >= 0.3 is 0 Å². The molecule has 4 aromatic carbocycles. The standard InChI is InChI=1S/C31H25N2O.C11H8N.Ir/c1-19-8-13-26-25-6-5-7-27(29(25)34-30(26)33-19)28-18-23(14-15-32-28)20-9-10-22-17-24(31(2,3)4)12-11-21(22)16-20;1-2-6-10(7-3-1)11-8-4-5-9-12-11;/h5-6,8-18H,1-4H3;1-6,8-9H;/q2*-1;. The molecule has 0 atom stereocenters. The average molecular weight is 788 g/mol. The maximum absolute atomic E-state index is 6.18. The first kappa shape index (κ1) is 32.0. The number of hydrogen-bond acceptors (Lipinski definition) is 4. The summed E-state index contributed by atoms with van der Waals surface area (Å²) in [6.07, 6.45) is 3.64. The summed E-state index contributed by atoms with van der Waals surface area (Å²) in [6.45, 7) is 8.71. The van der Waals surface area contributed by atoms with Crippen molar-refractivity contribution in [1.82, 2.24) is 15.0 Å². The van der Waals surface area contributed by atoms with Crippen LogP contribution in [-0.4, -0.2) is 15.0 Å². The summed E-state index contributed by atoms with van der Waals surface area (Å²) in [7, 11) is 0. The Balaban J connectivity index is 0.000000250. The van der Waals surface area contributed by atoms with Crippen molar-refractivity contribution in [2.45, 2.75) is 33.1 Å². The van der Waals surface area contributed by atoms with Crippen molar-refractivity contribution in [3.63, 3.8) is 0 Å². The second-order valence-corrected chi connectivity index (χ2v) is 12.5. The number of rotatable bonds is 3. The third-order valence-corrected chi connectivity index (χ3v) is 8.14. The summed E-state index contributed by atoms with van der Waals surface area (Å²) in [6, 6.07) is 45.8. The molecule has 0 aliphatic heterocycles. The van der Waals surface area contributed by atoms with Crippen LogP contribution in [0.25, 0.3) is 66.5 Å². The predicted molar refractivity (Wildman–Crippen MR) is 188 cm³/mol. The molecule has 0 amide bonds. The number of hydrogen-bond donors (Lipinski definition) is 0. The minimum absolute atomic E-state index is 0. The maximum atomic E-state index is 6.18. The van der Waals surface area contributed by atoms with Gasteiger partial charge in [-0.1, -0.05) is 80.3 Å². The van der Waals surface area contributed by atoms with Gasteiger partial charge in [-0.3, -0.25) is 0 Å². The fourth-order valence-electron chi connectivity index (χ4n) is 5.62. The molecular weight excluding hydrogens is 755 g/mol. The SMILES string of the molecule is Cc1ccc2c(n1)oc1c(-c3cc(-c4ccc5cc(C(C)(C)C)ccc5c4)ccn3)[c-]ccc12.[Ir].[c-]1ccccc1-c1ccccn1. The number of fused-ring (bicyclic) bond motifs is 4. The van der Waals surface area contributed by atoms with Crippen molar-refractivity contribution < 1.29 is 24.5 Å². The Morgan fingerprint density at radius 1 is 0.638 bits per heavy atom. The third-order valence-electron chi connectivity index (χ3n) is 8.14. The topological polar surface area (TPSA) is 51.8 Å². The van der Waals surface area contributed by atoms with E-state index < -0.39 is 0 Å². The molecule has 0 spiro atoms. The molecule has 8 aromatic rings. The van der Waals surface area contributed by atoms with Gasteiger partial charge in [0.15, 0.2) is 0 Å². The van der Waals surface area contributed by atoms with Gasteiger partial charge in [0, 0.05) is 43.6 Å². The first-order valence-electron chi connectivity index (χ1n) is 15.4. The summed E-state index contributed by atoms with van der Waals surface area (Å²) in [5.74, 6) is 0. The van der Waals surface area contributed by atoms with E-state index in [1.165, 1.54) is 16.3 Å². The number of benzene rings is 4. The van der Waals surface area contributed by atoms with Crippen molar-refractivity contribution in [2.75, 3.05) is 0 Å². The van der Waals surface area contributed by atoms with Crippen molar-refractivity contribution >= 4 is 32.8 Å². The van der Waals surface area contributed by atoms with Crippen molar-refractivity contribution in [3.8, 4) is 33.6 Å². The summed E-state index contributed by atoms with van der Waals surface area (Å²) in [5.41, 5.74) is 9.81. The Hall–Kier alpha value is -4.96. The molecule has 4 nitrogen and oxygen atoms in total. The molecule has 0 saturated heterocycles. The molecule has 0 aliphatic carbocycles. The predicted octanol–water partition coefficient (Wildman–Crippen LogP) is 10.8. The average Bonchev–Trinajstić information content (AvgIpc) is 3.46. The number of aromatic nitrogens is 3. The van der Waals surface area contributed by atoms with E-state index in [2.05, 4.69) is 102 Å². The first-order chi connectivity index (χ1) is 22.3. The molecule has 4 aromatic heterocycles. The number of furan rings is 1. The van der Waals surface area contributed by atoms with Crippen LogP contribution in [0.3, 0.4) is 0 Å². The van der Waals surface area contributed by atoms with Gasteiger partial charge in [-0.2, -0.15) is 0 Å². The van der Waals surface area contributed by atoms with Gasteiger partial charge in [0.1, 0.15) is 0 Å². The Morgan fingerprint density at radius 2 is 1.43 bits per heavy atom. The van der Waals surface area contributed by atoms with Crippen molar-refractivity contribution in [1.29, 1.82) is 0 Å². The molecule has 0 unspecified atom stereocenters. The molecule has 0 N–H and O–H groups in total. The minimum Gasteiger partial charge on any atom is -0.486 e. The van der Waals surface area contributed by atoms with E-state index >= 15 is 0 Å². The molecule has 4 heterocycles. The van der Waals surface area contributed by atoms with Crippen LogP contribution < -0.4 is 0 Å². The molecule has 0 aliphatic rings. The molecule has 0 saturated carbocycles. The van der Waals surface area contributed by atoms with E-state index in [4.69, 9.17) is 4.42 Å². The molecule has 47 heavy (non-hydrogen) atoms. The van der Waals surface area contributed by atoms with Crippen LogP contribution in [0.15, 0.2) is 132 Å². The largest absolute Gasteiger partial charge is 0.486 e. The molecule has 233 valence electrons. The molecule has 0 bridgehead atoms. The third kappa shape index (κ3) is 6.78. The molecular formula is C42H33IrN3O-2.